The van der Waals surface area contributed by atoms with Gasteiger partial charge in [-0.3, -0.25) is 0 Å². The molecule has 2 aromatic heterocycles. The molecule has 224 valence electrons. The van der Waals surface area contributed by atoms with E-state index in [4.69, 9.17) is 28.7 Å². The van der Waals surface area contributed by atoms with Gasteiger partial charge in [-0.15, -0.1) is 0 Å². The summed E-state index contributed by atoms with van der Waals surface area (Å²) in [4.78, 5) is 14.8. The van der Waals surface area contributed by atoms with E-state index in [1.165, 1.54) is 0 Å². The quantitative estimate of drug-likeness (QED) is 0.184. The van der Waals surface area contributed by atoms with E-state index in [1.54, 1.807) is 0 Å². The third kappa shape index (κ3) is 4.89. The van der Waals surface area contributed by atoms with Crippen molar-refractivity contribution >= 4 is 34.5 Å². The van der Waals surface area contributed by atoms with Gasteiger partial charge in [-0.2, -0.15) is 0 Å². The van der Waals surface area contributed by atoms with Gasteiger partial charge in [-0.25, -0.2) is 15.0 Å². The Hall–Kier alpha value is -5.11. The number of aromatic nitrogens is 3. The lowest BCUT2D eigenvalue weighted by Crippen LogP contribution is -2.41. The van der Waals surface area contributed by atoms with Gasteiger partial charge in [0, 0.05) is 33.0 Å². The minimum atomic E-state index is -0.434. The molecule has 8 rings (SSSR count). The van der Waals surface area contributed by atoms with Crippen LogP contribution in [0.1, 0.15) is 27.7 Å². The first-order valence-corrected chi connectivity index (χ1v) is 15.5. The molecule has 0 bridgehead atoms. The highest BCUT2D eigenvalue weighted by Gasteiger charge is 2.51. The number of nitrogens with zero attached hydrogens (tertiary/aromatic N) is 3. The van der Waals surface area contributed by atoms with E-state index in [9.17, 15) is 0 Å². The standard InChI is InChI=1S/C39H32BN3O3/c1-38(2)39(3,4)46-40(45-38)29-23-21-28(22-24-29)37-42-35(26-11-6-5-7-12-26)41-36(43-37)27-19-17-25(18-20-27)30-14-10-15-32-31-13-8-9-16-33(31)44-34(30)32/h5-24H,1-4H3. The van der Waals surface area contributed by atoms with Crippen LogP contribution in [0.15, 0.2) is 126 Å². The molecule has 1 fully saturated rings. The van der Waals surface area contributed by atoms with Crippen molar-refractivity contribution in [2.24, 2.45) is 0 Å². The Morgan fingerprint density at radius 1 is 0.478 bits per heavy atom. The van der Waals surface area contributed by atoms with Crippen LogP contribution in [-0.2, 0) is 9.31 Å². The zero-order valence-electron chi connectivity index (χ0n) is 26.2. The summed E-state index contributed by atoms with van der Waals surface area (Å²) in [5, 5.41) is 2.22. The van der Waals surface area contributed by atoms with E-state index in [0.29, 0.717) is 17.5 Å². The summed E-state index contributed by atoms with van der Waals surface area (Å²) >= 11 is 0. The first-order valence-electron chi connectivity index (χ1n) is 15.5. The van der Waals surface area contributed by atoms with Gasteiger partial charge in [-0.1, -0.05) is 115 Å². The molecular weight excluding hydrogens is 569 g/mol. The fourth-order valence-corrected chi connectivity index (χ4v) is 5.89. The fourth-order valence-electron chi connectivity index (χ4n) is 5.89. The number of hydrogen-bond acceptors (Lipinski definition) is 6. The second kappa shape index (κ2) is 10.8. The van der Waals surface area contributed by atoms with E-state index in [0.717, 1.165) is 55.2 Å². The minimum Gasteiger partial charge on any atom is -0.455 e. The van der Waals surface area contributed by atoms with Gasteiger partial charge in [0.15, 0.2) is 17.5 Å². The van der Waals surface area contributed by atoms with Gasteiger partial charge in [0.25, 0.3) is 0 Å². The summed E-state index contributed by atoms with van der Waals surface area (Å²) in [7, 11) is -0.434. The number of benzene rings is 5. The van der Waals surface area contributed by atoms with Crippen LogP contribution in [0.2, 0.25) is 0 Å². The van der Waals surface area contributed by atoms with Crippen molar-refractivity contribution in [2.45, 2.75) is 38.9 Å². The van der Waals surface area contributed by atoms with Crippen LogP contribution in [0.25, 0.3) is 67.2 Å². The molecule has 0 spiro atoms. The van der Waals surface area contributed by atoms with Crippen LogP contribution in [0.4, 0.5) is 0 Å². The highest BCUT2D eigenvalue weighted by atomic mass is 16.7. The first-order chi connectivity index (χ1) is 22.3. The Morgan fingerprint density at radius 2 is 0.978 bits per heavy atom. The van der Waals surface area contributed by atoms with Gasteiger partial charge in [-0.05, 0) is 44.8 Å². The number of fused-ring (bicyclic) bond motifs is 3. The Balaban J connectivity index is 1.16. The lowest BCUT2D eigenvalue weighted by atomic mass is 9.79. The maximum atomic E-state index is 6.29. The molecule has 0 N–H and O–H groups in total. The highest BCUT2D eigenvalue weighted by molar-refractivity contribution is 6.62. The maximum absolute atomic E-state index is 6.29. The zero-order chi connectivity index (χ0) is 31.5. The lowest BCUT2D eigenvalue weighted by Gasteiger charge is -2.32. The number of furan rings is 1. The van der Waals surface area contributed by atoms with E-state index >= 15 is 0 Å². The topological polar surface area (TPSA) is 70.3 Å². The normalized spacial score (nSPS) is 15.5. The van der Waals surface area contributed by atoms with E-state index in [1.807, 2.05) is 72.8 Å². The molecule has 3 heterocycles. The predicted octanol–water partition coefficient (Wildman–Crippen LogP) is 8.74. The van der Waals surface area contributed by atoms with E-state index < -0.39 is 18.3 Å². The van der Waals surface area contributed by atoms with Gasteiger partial charge in [0.1, 0.15) is 11.2 Å². The van der Waals surface area contributed by atoms with Crippen LogP contribution in [0, 0.1) is 0 Å². The van der Waals surface area contributed by atoms with Crippen LogP contribution in [-0.4, -0.2) is 33.3 Å². The Labute approximate surface area is 268 Å². The molecule has 5 aromatic carbocycles. The number of para-hydroxylation sites is 2. The van der Waals surface area contributed by atoms with Gasteiger partial charge in [0.05, 0.1) is 11.2 Å². The molecule has 0 aliphatic carbocycles. The molecule has 1 aliphatic heterocycles. The van der Waals surface area contributed by atoms with E-state index in [-0.39, 0.29) is 0 Å². The summed E-state index contributed by atoms with van der Waals surface area (Å²) in [6.45, 7) is 8.24. The molecule has 0 radical (unpaired) electrons. The van der Waals surface area contributed by atoms with Crippen LogP contribution < -0.4 is 5.46 Å². The fraction of sp³-hybridized carbons (Fsp3) is 0.154. The molecule has 7 aromatic rings. The van der Waals surface area contributed by atoms with Crippen molar-refractivity contribution in [1.82, 2.24) is 15.0 Å². The Morgan fingerprint density at radius 3 is 1.61 bits per heavy atom. The maximum Gasteiger partial charge on any atom is 0.494 e. The van der Waals surface area contributed by atoms with Crippen molar-refractivity contribution in [2.75, 3.05) is 0 Å². The monoisotopic (exact) mass is 601 g/mol. The smallest absolute Gasteiger partial charge is 0.455 e. The van der Waals surface area contributed by atoms with Crippen molar-refractivity contribution in [3.63, 3.8) is 0 Å². The van der Waals surface area contributed by atoms with Crippen molar-refractivity contribution in [3.05, 3.63) is 121 Å². The number of hydrogen-bond donors (Lipinski definition) is 0. The largest absolute Gasteiger partial charge is 0.494 e. The molecule has 0 unspecified atom stereocenters. The Kier molecular flexibility index (Phi) is 6.64. The second-order valence-corrected chi connectivity index (χ2v) is 12.7. The molecule has 46 heavy (non-hydrogen) atoms. The Bertz CT molecular complexity index is 2190. The first kappa shape index (κ1) is 28.4. The molecular formula is C39H32BN3O3. The summed E-state index contributed by atoms with van der Waals surface area (Å²) < 4.78 is 18.8. The highest BCUT2D eigenvalue weighted by Crippen LogP contribution is 2.38. The minimum absolute atomic E-state index is 0.405. The van der Waals surface area contributed by atoms with E-state index in [2.05, 4.69) is 76.2 Å². The summed E-state index contributed by atoms with van der Waals surface area (Å²) in [5.74, 6) is 1.82. The molecule has 0 saturated carbocycles. The summed E-state index contributed by atoms with van der Waals surface area (Å²) in [6.07, 6.45) is 0. The average Bonchev–Trinajstić information content (AvgIpc) is 3.57. The molecule has 0 amide bonds. The third-order valence-electron chi connectivity index (χ3n) is 9.22. The number of rotatable bonds is 5. The van der Waals surface area contributed by atoms with Gasteiger partial charge in [0.2, 0.25) is 0 Å². The second-order valence-electron chi connectivity index (χ2n) is 12.7. The predicted molar refractivity (Wildman–Crippen MR) is 185 cm³/mol. The SMILES string of the molecule is CC1(C)OB(c2ccc(-c3nc(-c4ccccc4)nc(-c4ccc(-c5cccc6c5oc5ccccc56)cc4)n3)cc2)OC1(C)C. The summed E-state index contributed by atoms with van der Waals surface area (Å²) in [6, 6.07) is 40.8. The van der Waals surface area contributed by atoms with Gasteiger partial charge < -0.3 is 13.7 Å². The lowest BCUT2D eigenvalue weighted by molar-refractivity contribution is 0.00578. The molecule has 1 aliphatic rings. The van der Waals surface area contributed by atoms with Gasteiger partial charge >= 0.3 is 7.12 Å². The third-order valence-corrected chi connectivity index (χ3v) is 9.22. The van der Waals surface area contributed by atoms with Crippen LogP contribution in [0.3, 0.4) is 0 Å². The van der Waals surface area contributed by atoms with Crippen molar-refractivity contribution < 1.29 is 13.7 Å². The zero-order valence-corrected chi connectivity index (χ0v) is 26.2. The van der Waals surface area contributed by atoms with Crippen molar-refractivity contribution in [3.8, 4) is 45.3 Å². The molecule has 7 heteroatoms. The summed E-state index contributed by atoms with van der Waals surface area (Å²) in [5.41, 5.74) is 6.73. The molecule has 1 saturated heterocycles. The average molecular weight is 602 g/mol. The van der Waals surface area contributed by atoms with Crippen LogP contribution in [0.5, 0.6) is 0 Å². The molecule has 6 nitrogen and oxygen atoms in total. The van der Waals surface area contributed by atoms with Crippen LogP contribution >= 0.6 is 0 Å². The van der Waals surface area contributed by atoms with Crippen molar-refractivity contribution in [1.29, 1.82) is 0 Å². The molecule has 0 atom stereocenters.